The van der Waals surface area contributed by atoms with Gasteiger partial charge in [-0.1, -0.05) is 0 Å². The summed E-state index contributed by atoms with van der Waals surface area (Å²) in [6.45, 7) is 6.33. The van der Waals surface area contributed by atoms with E-state index in [0.717, 1.165) is 0 Å². The van der Waals surface area contributed by atoms with E-state index in [1.165, 1.54) is 17.0 Å². The van der Waals surface area contributed by atoms with Crippen LogP contribution in [0.3, 0.4) is 0 Å². The molecule has 0 bridgehead atoms. The van der Waals surface area contributed by atoms with Gasteiger partial charge in [0, 0.05) is 18.8 Å². The average Bonchev–Trinajstić information content (AvgIpc) is 2.29. The van der Waals surface area contributed by atoms with Crippen LogP contribution in [-0.4, -0.2) is 38.1 Å². The Hall–Kier alpha value is -1.56. The lowest BCUT2D eigenvalue weighted by Crippen LogP contribution is -2.35. The number of hydrogen-bond acceptors (Lipinski definition) is 4. The lowest BCUT2D eigenvalue weighted by molar-refractivity contribution is -0.128. The lowest BCUT2D eigenvalue weighted by Gasteiger charge is -2.18. The van der Waals surface area contributed by atoms with Gasteiger partial charge in [-0.25, -0.2) is 8.42 Å². The maximum Gasteiger partial charge on any atom is 0.238 e. The first-order chi connectivity index (χ1) is 8.81. The maximum absolute atomic E-state index is 12.2. The predicted octanol–water partition coefficient (Wildman–Crippen LogP) is 1.22. The fourth-order valence-electron chi connectivity index (χ4n) is 1.93. The van der Waals surface area contributed by atoms with E-state index in [1.54, 1.807) is 13.0 Å². The molecule has 6 heteroatoms. The van der Waals surface area contributed by atoms with Crippen LogP contribution in [0, 0.1) is 6.92 Å². The van der Waals surface area contributed by atoms with Gasteiger partial charge in [-0.05, 0) is 44.5 Å². The lowest BCUT2D eigenvalue weighted by atomic mass is 10.2. The molecule has 2 N–H and O–H groups in total. The normalized spacial score (nSPS) is 11.3. The van der Waals surface area contributed by atoms with E-state index in [0.29, 0.717) is 24.3 Å². The zero-order valence-corrected chi connectivity index (χ0v) is 12.3. The summed E-state index contributed by atoms with van der Waals surface area (Å²) in [5.74, 6) is -0.874. The molecule has 5 nitrogen and oxygen atoms in total. The minimum atomic E-state index is -3.62. The topological polar surface area (TPSA) is 80.5 Å². The van der Waals surface area contributed by atoms with Crippen LogP contribution in [0.25, 0.3) is 0 Å². The maximum atomic E-state index is 12.2. The Morgan fingerprint density at radius 2 is 1.84 bits per heavy atom. The smallest absolute Gasteiger partial charge is 0.238 e. The van der Waals surface area contributed by atoms with Gasteiger partial charge in [-0.3, -0.25) is 4.79 Å². The van der Waals surface area contributed by atoms with E-state index in [2.05, 4.69) is 0 Å². The first-order valence-electron chi connectivity index (χ1n) is 6.18. The van der Waals surface area contributed by atoms with Crippen molar-refractivity contribution in [2.75, 3.05) is 24.6 Å². The quantitative estimate of drug-likeness (QED) is 0.824. The molecule has 1 rings (SSSR count). The third kappa shape index (κ3) is 3.70. The summed E-state index contributed by atoms with van der Waals surface area (Å²) in [4.78, 5) is 13.6. The highest BCUT2D eigenvalue weighted by atomic mass is 32.2. The van der Waals surface area contributed by atoms with Crippen LogP contribution in [0.4, 0.5) is 5.69 Å². The molecule has 0 unspecified atom stereocenters. The second kappa shape index (κ2) is 6.06. The van der Waals surface area contributed by atoms with Crippen LogP contribution < -0.4 is 5.73 Å². The van der Waals surface area contributed by atoms with Gasteiger partial charge in [0.25, 0.3) is 0 Å². The van der Waals surface area contributed by atoms with Gasteiger partial charge in [0.1, 0.15) is 5.75 Å². The van der Waals surface area contributed by atoms with Crippen LogP contribution in [0.5, 0.6) is 0 Å². The van der Waals surface area contributed by atoms with Gasteiger partial charge in [0.2, 0.25) is 5.91 Å². The van der Waals surface area contributed by atoms with Crippen molar-refractivity contribution in [3.8, 4) is 0 Å². The Bertz CT molecular complexity index is 563. The number of carbonyl (C=O) groups is 1. The van der Waals surface area contributed by atoms with E-state index in [1.807, 2.05) is 13.8 Å². The number of rotatable bonds is 5. The molecule has 106 valence electrons. The number of nitrogens with zero attached hydrogens (tertiary/aromatic N) is 1. The fourth-order valence-corrected chi connectivity index (χ4v) is 3.42. The van der Waals surface area contributed by atoms with Crippen LogP contribution in [0.2, 0.25) is 0 Å². The molecule has 0 spiro atoms. The molecule has 0 aromatic heterocycles. The van der Waals surface area contributed by atoms with Crippen LogP contribution in [0.15, 0.2) is 23.1 Å². The van der Waals surface area contributed by atoms with Gasteiger partial charge >= 0.3 is 0 Å². The molecule has 0 saturated carbocycles. The Balaban J connectivity index is 3.02. The van der Waals surface area contributed by atoms with E-state index in [4.69, 9.17) is 5.73 Å². The standard InChI is InChI=1S/C13H20N2O3S/c1-4-15(5-2)13(16)9-19(17,18)12-7-6-11(14)8-10(12)3/h6-8H,4-5,9,14H2,1-3H3. The number of carbonyl (C=O) groups excluding carboxylic acids is 1. The van der Waals surface area contributed by atoms with Crippen molar-refractivity contribution in [1.82, 2.24) is 4.90 Å². The van der Waals surface area contributed by atoms with E-state index >= 15 is 0 Å². The Kier molecular flexibility index (Phi) is 4.94. The molecular formula is C13H20N2O3S. The second-order valence-corrected chi connectivity index (χ2v) is 6.31. The number of anilines is 1. The summed E-state index contributed by atoms with van der Waals surface area (Å²) in [7, 11) is -3.62. The van der Waals surface area contributed by atoms with Gasteiger partial charge in [-0.2, -0.15) is 0 Å². The molecule has 1 amide bonds. The third-order valence-corrected chi connectivity index (χ3v) is 4.72. The zero-order chi connectivity index (χ0) is 14.6. The largest absolute Gasteiger partial charge is 0.399 e. The highest BCUT2D eigenvalue weighted by Gasteiger charge is 2.23. The van der Waals surface area contributed by atoms with Gasteiger partial charge in [0.15, 0.2) is 9.84 Å². The number of hydrogen-bond donors (Lipinski definition) is 1. The zero-order valence-electron chi connectivity index (χ0n) is 11.5. The summed E-state index contributed by atoms with van der Waals surface area (Å²) >= 11 is 0. The molecule has 0 saturated heterocycles. The minimum absolute atomic E-state index is 0.169. The van der Waals surface area contributed by atoms with E-state index in [9.17, 15) is 13.2 Å². The molecule has 19 heavy (non-hydrogen) atoms. The minimum Gasteiger partial charge on any atom is -0.399 e. The Morgan fingerprint density at radius 1 is 1.26 bits per heavy atom. The summed E-state index contributed by atoms with van der Waals surface area (Å²) in [6.07, 6.45) is 0. The Morgan fingerprint density at radius 3 is 2.32 bits per heavy atom. The van der Waals surface area contributed by atoms with Crippen molar-refractivity contribution in [3.05, 3.63) is 23.8 Å². The molecule has 0 heterocycles. The molecule has 0 aliphatic rings. The van der Waals surface area contributed by atoms with Gasteiger partial charge in [-0.15, -0.1) is 0 Å². The molecule has 1 aromatic rings. The molecule has 1 aromatic carbocycles. The van der Waals surface area contributed by atoms with E-state index < -0.39 is 15.6 Å². The van der Waals surface area contributed by atoms with Crippen molar-refractivity contribution in [3.63, 3.8) is 0 Å². The molecular weight excluding hydrogens is 264 g/mol. The van der Waals surface area contributed by atoms with Gasteiger partial charge < -0.3 is 10.6 Å². The van der Waals surface area contributed by atoms with Crippen molar-refractivity contribution in [1.29, 1.82) is 0 Å². The third-order valence-electron chi connectivity index (χ3n) is 2.96. The van der Waals surface area contributed by atoms with Crippen molar-refractivity contribution in [2.24, 2.45) is 0 Å². The monoisotopic (exact) mass is 284 g/mol. The van der Waals surface area contributed by atoms with Crippen molar-refractivity contribution >= 4 is 21.4 Å². The summed E-state index contributed by atoms with van der Waals surface area (Å²) < 4.78 is 24.4. The summed E-state index contributed by atoms with van der Waals surface area (Å²) in [5, 5.41) is 0. The average molecular weight is 284 g/mol. The molecule has 0 radical (unpaired) electrons. The highest BCUT2D eigenvalue weighted by Crippen LogP contribution is 2.19. The van der Waals surface area contributed by atoms with E-state index in [-0.39, 0.29) is 10.8 Å². The second-order valence-electron chi connectivity index (χ2n) is 4.35. The number of benzene rings is 1. The summed E-state index contributed by atoms with van der Waals surface area (Å²) in [6, 6.07) is 4.58. The predicted molar refractivity (Wildman–Crippen MR) is 75.6 cm³/mol. The van der Waals surface area contributed by atoms with Crippen LogP contribution in [-0.2, 0) is 14.6 Å². The number of nitrogen functional groups attached to an aromatic ring is 1. The van der Waals surface area contributed by atoms with Crippen molar-refractivity contribution < 1.29 is 13.2 Å². The summed E-state index contributed by atoms with van der Waals surface area (Å²) in [5.41, 5.74) is 6.66. The fraction of sp³-hybridized carbons (Fsp3) is 0.462. The number of sulfone groups is 1. The number of aryl methyl sites for hydroxylation is 1. The SMILES string of the molecule is CCN(CC)C(=O)CS(=O)(=O)c1ccc(N)cc1C. The molecule has 0 aliphatic carbocycles. The van der Waals surface area contributed by atoms with Crippen molar-refractivity contribution in [2.45, 2.75) is 25.7 Å². The number of nitrogens with two attached hydrogens (primary N) is 1. The first-order valence-corrected chi connectivity index (χ1v) is 7.83. The highest BCUT2D eigenvalue weighted by molar-refractivity contribution is 7.92. The van der Waals surface area contributed by atoms with Crippen LogP contribution >= 0.6 is 0 Å². The van der Waals surface area contributed by atoms with Gasteiger partial charge in [0.05, 0.1) is 4.90 Å². The molecule has 0 atom stereocenters. The molecule has 0 fully saturated rings. The number of amides is 1. The Labute approximate surface area is 114 Å². The van der Waals surface area contributed by atoms with Crippen LogP contribution in [0.1, 0.15) is 19.4 Å². The molecule has 0 aliphatic heterocycles. The first kappa shape index (κ1) is 15.5.